The lowest BCUT2D eigenvalue weighted by Gasteiger charge is -2.31. The highest BCUT2D eigenvalue weighted by Gasteiger charge is 2.62. The first-order valence-electron chi connectivity index (χ1n) is 8.54. The number of hydrogen-bond acceptors (Lipinski definition) is 6. The minimum atomic E-state index is -0.637. The van der Waals surface area contributed by atoms with Gasteiger partial charge in [-0.3, -0.25) is 24.2 Å². The van der Waals surface area contributed by atoms with E-state index in [9.17, 15) is 19.2 Å². The molecule has 2 atom stereocenters. The number of hydrogen-bond donors (Lipinski definition) is 2. The highest BCUT2D eigenvalue weighted by Crippen LogP contribution is 2.45. The molecule has 3 aliphatic heterocycles. The Bertz CT molecular complexity index is 863. The van der Waals surface area contributed by atoms with Crippen LogP contribution in [0, 0.1) is 0 Å². The third-order valence-corrected chi connectivity index (χ3v) is 5.18. The standard InChI is InChI=1S/C15H18N4O5.CH2O2/c20-11-1-4-17(14(23)16-11)5-2-12(21)18-6-3-15-10(18)9-13(22)19(15)7-8-24-15;2-1-3/h1,4,10H,2-3,5-9H2,(H,16,20,23);1H,(H,2,3)/t10-,15+;/m1./s1. The Kier molecular flexibility index (Phi) is 5.13. The number of aromatic nitrogens is 2. The van der Waals surface area contributed by atoms with Gasteiger partial charge in [-0.1, -0.05) is 0 Å². The first kappa shape index (κ1) is 18.8. The lowest BCUT2D eigenvalue weighted by atomic mass is 10.1. The van der Waals surface area contributed by atoms with Gasteiger partial charge in [0.2, 0.25) is 11.8 Å². The average Bonchev–Trinajstić information content (AvgIpc) is 3.26. The van der Waals surface area contributed by atoms with Crippen LogP contribution in [0.3, 0.4) is 0 Å². The van der Waals surface area contributed by atoms with Crippen molar-refractivity contribution in [2.45, 2.75) is 37.6 Å². The van der Waals surface area contributed by atoms with Crippen molar-refractivity contribution in [3.8, 4) is 0 Å². The van der Waals surface area contributed by atoms with Crippen LogP contribution in [-0.4, -0.2) is 74.2 Å². The molecule has 0 saturated carbocycles. The number of H-pyrrole nitrogens is 1. The topological polar surface area (TPSA) is 142 Å². The Morgan fingerprint density at radius 2 is 2.11 bits per heavy atom. The Balaban J connectivity index is 0.000000659. The van der Waals surface area contributed by atoms with Gasteiger partial charge in [-0.05, 0) is 0 Å². The van der Waals surface area contributed by atoms with Gasteiger partial charge in [-0.25, -0.2) is 4.79 Å². The molecule has 0 aliphatic carbocycles. The number of amides is 2. The van der Waals surface area contributed by atoms with E-state index in [1.165, 1.54) is 16.8 Å². The Morgan fingerprint density at radius 3 is 2.81 bits per heavy atom. The fourth-order valence-electron chi connectivity index (χ4n) is 4.07. The van der Waals surface area contributed by atoms with Crippen molar-refractivity contribution >= 4 is 18.3 Å². The molecule has 3 fully saturated rings. The molecule has 0 unspecified atom stereocenters. The molecule has 1 aromatic heterocycles. The molecule has 146 valence electrons. The van der Waals surface area contributed by atoms with E-state index in [2.05, 4.69) is 4.98 Å². The summed E-state index contributed by atoms with van der Waals surface area (Å²) in [6.45, 7) is 1.58. The molecule has 11 nitrogen and oxygen atoms in total. The molecule has 0 bridgehead atoms. The molecule has 0 aromatic carbocycles. The maximum atomic E-state index is 12.6. The van der Waals surface area contributed by atoms with Crippen molar-refractivity contribution in [3.05, 3.63) is 33.1 Å². The van der Waals surface area contributed by atoms with Gasteiger partial charge in [0.1, 0.15) is 0 Å². The van der Waals surface area contributed by atoms with Crippen molar-refractivity contribution in [2.75, 3.05) is 19.7 Å². The van der Waals surface area contributed by atoms with E-state index in [0.29, 0.717) is 32.5 Å². The van der Waals surface area contributed by atoms with Crippen molar-refractivity contribution in [3.63, 3.8) is 0 Å². The highest BCUT2D eigenvalue weighted by atomic mass is 16.5. The monoisotopic (exact) mass is 380 g/mol. The van der Waals surface area contributed by atoms with E-state index in [0.717, 1.165) is 0 Å². The van der Waals surface area contributed by atoms with Crippen LogP contribution in [0.5, 0.6) is 0 Å². The summed E-state index contributed by atoms with van der Waals surface area (Å²) in [6, 6.07) is 1.00. The largest absolute Gasteiger partial charge is 0.483 e. The number of nitrogens with one attached hydrogen (secondary N) is 1. The second kappa shape index (κ2) is 7.35. The fourth-order valence-corrected chi connectivity index (χ4v) is 4.07. The summed E-state index contributed by atoms with van der Waals surface area (Å²) < 4.78 is 7.15. The molecule has 1 spiro atoms. The summed E-state index contributed by atoms with van der Waals surface area (Å²) in [4.78, 5) is 61.4. The zero-order valence-electron chi connectivity index (χ0n) is 14.5. The third kappa shape index (κ3) is 3.25. The Hall–Kier alpha value is -2.95. The van der Waals surface area contributed by atoms with Gasteiger partial charge in [-0.15, -0.1) is 0 Å². The molecule has 11 heteroatoms. The zero-order chi connectivity index (χ0) is 19.6. The zero-order valence-corrected chi connectivity index (χ0v) is 14.5. The van der Waals surface area contributed by atoms with Crippen molar-refractivity contribution in [1.29, 1.82) is 0 Å². The fraction of sp³-hybridized carbons (Fsp3) is 0.562. The minimum Gasteiger partial charge on any atom is -0.483 e. The molecule has 4 heterocycles. The normalized spacial score (nSPS) is 25.6. The number of aryl methyl sites for hydroxylation is 1. The van der Waals surface area contributed by atoms with E-state index in [4.69, 9.17) is 14.6 Å². The minimum absolute atomic E-state index is 0.0341. The Labute approximate surface area is 153 Å². The summed E-state index contributed by atoms with van der Waals surface area (Å²) >= 11 is 0. The number of aromatic amines is 1. The van der Waals surface area contributed by atoms with Crippen LogP contribution in [-0.2, 0) is 25.7 Å². The second-order valence-corrected chi connectivity index (χ2v) is 6.45. The molecule has 2 N–H and O–H groups in total. The van der Waals surface area contributed by atoms with Gasteiger partial charge >= 0.3 is 5.69 Å². The van der Waals surface area contributed by atoms with Crippen LogP contribution in [0.15, 0.2) is 21.9 Å². The lowest BCUT2D eigenvalue weighted by molar-refractivity contribution is -0.139. The number of ether oxygens (including phenoxy) is 1. The Morgan fingerprint density at radius 1 is 1.37 bits per heavy atom. The molecule has 4 rings (SSSR count). The molecule has 2 amide bonds. The number of likely N-dealkylation sites (tertiary alicyclic amines) is 1. The van der Waals surface area contributed by atoms with Gasteiger partial charge in [0.15, 0.2) is 5.72 Å². The molecule has 0 radical (unpaired) electrons. The number of nitrogens with zero attached hydrogens (tertiary/aromatic N) is 3. The van der Waals surface area contributed by atoms with Crippen molar-refractivity contribution in [2.24, 2.45) is 0 Å². The van der Waals surface area contributed by atoms with Crippen LogP contribution in [0.4, 0.5) is 0 Å². The van der Waals surface area contributed by atoms with Gasteiger partial charge in [0.25, 0.3) is 12.0 Å². The van der Waals surface area contributed by atoms with Crippen molar-refractivity contribution in [1.82, 2.24) is 19.4 Å². The molecular weight excluding hydrogens is 360 g/mol. The van der Waals surface area contributed by atoms with Crippen LogP contribution in [0.25, 0.3) is 0 Å². The maximum absolute atomic E-state index is 12.6. The number of carbonyl (C=O) groups excluding carboxylic acids is 2. The van der Waals surface area contributed by atoms with E-state index in [1.54, 1.807) is 9.80 Å². The van der Waals surface area contributed by atoms with E-state index < -0.39 is 17.0 Å². The van der Waals surface area contributed by atoms with E-state index in [1.807, 2.05) is 0 Å². The summed E-state index contributed by atoms with van der Waals surface area (Å²) in [5, 5.41) is 6.89. The second-order valence-electron chi connectivity index (χ2n) is 6.45. The third-order valence-electron chi connectivity index (χ3n) is 5.18. The van der Waals surface area contributed by atoms with Crippen LogP contribution < -0.4 is 11.2 Å². The van der Waals surface area contributed by atoms with Crippen LogP contribution >= 0.6 is 0 Å². The average molecular weight is 380 g/mol. The summed E-state index contributed by atoms with van der Waals surface area (Å²) in [5.74, 6) is -0.0769. The lowest BCUT2D eigenvalue weighted by Crippen LogP contribution is -2.48. The predicted molar refractivity (Wildman–Crippen MR) is 89.8 cm³/mol. The molecule has 1 aromatic rings. The van der Waals surface area contributed by atoms with Gasteiger partial charge in [0.05, 0.1) is 19.1 Å². The maximum Gasteiger partial charge on any atom is 0.328 e. The molecule has 27 heavy (non-hydrogen) atoms. The molecule has 3 saturated heterocycles. The molecule has 3 aliphatic rings. The van der Waals surface area contributed by atoms with E-state index >= 15 is 0 Å². The summed E-state index contributed by atoms with van der Waals surface area (Å²) in [7, 11) is 0. The van der Waals surface area contributed by atoms with Gasteiger partial charge < -0.3 is 24.2 Å². The quantitative estimate of drug-likeness (QED) is 0.588. The summed E-state index contributed by atoms with van der Waals surface area (Å²) in [6.07, 6.45) is 2.44. The van der Waals surface area contributed by atoms with Gasteiger partial charge in [0, 0.05) is 44.7 Å². The first-order chi connectivity index (χ1) is 12.9. The number of carboxylic acid groups (broad SMARTS) is 1. The van der Waals surface area contributed by atoms with Crippen LogP contribution in [0.1, 0.15) is 19.3 Å². The van der Waals surface area contributed by atoms with Crippen molar-refractivity contribution < 1.29 is 24.2 Å². The smallest absolute Gasteiger partial charge is 0.328 e. The van der Waals surface area contributed by atoms with Gasteiger partial charge in [-0.2, -0.15) is 0 Å². The molecular formula is C16H20N4O7. The summed E-state index contributed by atoms with van der Waals surface area (Å²) in [5.41, 5.74) is -1.64. The first-order valence-corrected chi connectivity index (χ1v) is 8.54. The number of rotatable bonds is 3. The predicted octanol–water partition coefficient (Wildman–Crippen LogP) is -1.81. The van der Waals surface area contributed by atoms with E-state index in [-0.39, 0.29) is 37.3 Å². The number of carbonyl (C=O) groups is 3. The highest BCUT2D eigenvalue weighted by molar-refractivity contribution is 5.84. The van der Waals surface area contributed by atoms with Crippen LogP contribution in [0.2, 0.25) is 0 Å². The SMILES string of the molecule is O=C(CCn1ccc(=O)[nH]c1=O)N1CC[C@@]23OCCN2C(=O)C[C@@H]13.O=CO.